The van der Waals surface area contributed by atoms with Crippen LogP contribution in [0.4, 0.5) is 0 Å². The molecule has 0 spiro atoms. The smallest absolute Gasteiger partial charge is 0.191 e. The fourth-order valence-corrected chi connectivity index (χ4v) is 2.84. The molecule has 0 fully saturated rings. The zero-order valence-electron chi connectivity index (χ0n) is 12.8. The molecule has 0 aliphatic heterocycles. The van der Waals surface area contributed by atoms with Gasteiger partial charge in [0.25, 0.3) is 0 Å². The Bertz CT molecular complexity index is 570. The Labute approximate surface area is 130 Å². The highest BCUT2D eigenvalue weighted by molar-refractivity contribution is 7.11. The molecule has 1 heterocycles. The first kappa shape index (κ1) is 15.5. The maximum atomic E-state index is 4.52. The molecule has 0 aliphatic rings. The predicted molar refractivity (Wildman–Crippen MR) is 89.9 cm³/mol. The van der Waals surface area contributed by atoms with Crippen molar-refractivity contribution in [2.75, 3.05) is 13.6 Å². The number of aliphatic imine (C=N–C) groups is 1. The molecule has 21 heavy (non-hydrogen) atoms. The van der Waals surface area contributed by atoms with Crippen LogP contribution in [0.2, 0.25) is 0 Å². The van der Waals surface area contributed by atoms with E-state index in [9.17, 15) is 0 Å². The molecule has 0 atom stereocenters. The van der Waals surface area contributed by atoms with Crippen LogP contribution in [0.15, 0.2) is 35.3 Å². The van der Waals surface area contributed by atoms with Crippen molar-refractivity contribution in [1.29, 1.82) is 0 Å². The van der Waals surface area contributed by atoms with Crippen LogP contribution in [0.25, 0.3) is 0 Å². The maximum Gasteiger partial charge on any atom is 0.191 e. The lowest BCUT2D eigenvalue weighted by Crippen LogP contribution is -2.37. The third-order valence-electron chi connectivity index (χ3n) is 3.25. The number of rotatable bonds is 5. The lowest BCUT2D eigenvalue weighted by molar-refractivity contribution is 0.790. The number of aromatic nitrogens is 1. The van der Waals surface area contributed by atoms with Crippen LogP contribution in [-0.4, -0.2) is 24.5 Å². The van der Waals surface area contributed by atoms with E-state index in [1.165, 1.54) is 10.4 Å². The molecule has 112 valence electrons. The van der Waals surface area contributed by atoms with Crippen molar-refractivity contribution in [3.05, 3.63) is 51.5 Å². The van der Waals surface area contributed by atoms with Crippen LogP contribution in [-0.2, 0) is 13.0 Å². The van der Waals surface area contributed by atoms with E-state index in [1.807, 2.05) is 13.0 Å². The fraction of sp³-hybridized carbons (Fsp3) is 0.375. The SMILES string of the molecule is CN=C(NCCc1ccccc1)NCc1nc(C)c(C)s1. The molecule has 2 aromatic rings. The van der Waals surface area contributed by atoms with Crippen molar-refractivity contribution >= 4 is 17.3 Å². The van der Waals surface area contributed by atoms with Crippen LogP contribution in [0.1, 0.15) is 21.1 Å². The summed E-state index contributed by atoms with van der Waals surface area (Å²) in [7, 11) is 1.79. The van der Waals surface area contributed by atoms with Crippen molar-refractivity contribution < 1.29 is 0 Å². The molecule has 1 aromatic heterocycles. The summed E-state index contributed by atoms with van der Waals surface area (Å²) in [6.45, 7) is 5.72. The van der Waals surface area contributed by atoms with Gasteiger partial charge >= 0.3 is 0 Å². The molecular formula is C16H22N4S. The Hall–Kier alpha value is -1.88. The molecule has 0 radical (unpaired) electrons. The van der Waals surface area contributed by atoms with Crippen LogP contribution in [0.5, 0.6) is 0 Å². The number of nitrogens with one attached hydrogen (secondary N) is 2. The minimum atomic E-state index is 0.713. The quantitative estimate of drug-likeness (QED) is 0.659. The summed E-state index contributed by atoms with van der Waals surface area (Å²) >= 11 is 1.73. The first-order valence-corrected chi connectivity index (χ1v) is 7.92. The maximum absolute atomic E-state index is 4.52. The summed E-state index contributed by atoms with van der Waals surface area (Å²) in [5.74, 6) is 0.816. The molecule has 0 saturated heterocycles. The van der Waals surface area contributed by atoms with E-state index in [2.05, 4.69) is 51.8 Å². The van der Waals surface area contributed by atoms with Gasteiger partial charge in [-0.15, -0.1) is 11.3 Å². The minimum Gasteiger partial charge on any atom is -0.356 e. The Morgan fingerprint density at radius 1 is 1.19 bits per heavy atom. The third kappa shape index (κ3) is 4.86. The van der Waals surface area contributed by atoms with Gasteiger partial charge in [0.2, 0.25) is 0 Å². The number of nitrogens with zero attached hydrogens (tertiary/aromatic N) is 2. The van der Waals surface area contributed by atoms with Crippen molar-refractivity contribution in [3.63, 3.8) is 0 Å². The summed E-state index contributed by atoms with van der Waals surface area (Å²) in [6.07, 6.45) is 0.983. The molecule has 2 rings (SSSR count). The lowest BCUT2D eigenvalue weighted by Gasteiger charge is -2.10. The number of benzene rings is 1. The van der Waals surface area contributed by atoms with Crippen molar-refractivity contribution in [2.24, 2.45) is 4.99 Å². The second-order valence-corrected chi connectivity index (χ2v) is 6.13. The zero-order valence-corrected chi connectivity index (χ0v) is 13.6. The van der Waals surface area contributed by atoms with Gasteiger partial charge in [0.15, 0.2) is 5.96 Å². The van der Waals surface area contributed by atoms with Crippen molar-refractivity contribution in [3.8, 4) is 0 Å². The van der Waals surface area contributed by atoms with Crippen LogP contribution in [0, 0.1) is 13.8 Å². The van der Waals surface area contributed by atoms with Crippen LogP contribution in [0.3, 0.4) is 0 Å². The summed E-state index contributed by atoms with van der Waals surface area (Å²) in [5, 5.41) is 7.72. The van der Waals surface area contributed by atoms with Gasteiger partial charge in [0, 0.05) is 18.5 Å². The van der Waals surface area contributed by atoms with Gasteiger partial charge in [0.05, 0.1) is 12.2 Å². The van der Waals surface area contributed by atoms with E-state index >= 15 is 0 Å². The van der Waals surface area contributed by atoms with Gasteiger partial charge in [-0.1, -0.05) is 30.3 Å². The summed E-state index contributed by atoms with van der Waals surface area (Å²) < 4.78 is 0. The summed E-state index contributed by atoms with van der Waals surface area (Å²) in [4.78, 5) is 10.0. The minimum absolute atomic E-state index is 0.713. The number of guanidine groups is 1. The van der Waals surface area contributed by atoms with E-state index < -0.39 is 0 Å². The predicted octanol–water partition coefficient (Wildman–Crippen LogP) is 2.67. The molecule has 0 saturated carbocycles. The highest BCUT2D eigenvalue weighted by Crippen LogP contribution is 2.15. The average molecular weight is 302 g/mol. The molecule has 1 aromatic carbocycles. The summed E-state index contributed by atoms with van der Waals surface area (Å²) in [6, 6.07) is 10.4. The molecule has 0 bridgehead atoms. The standard InChI is InChI=1S/C16H22N4S/c1-12-13(2)21-15(20-12)11-19-16(17-3)18-10-9-14-7-5-4-6-8-14/h4-8H,9-11H2,1-3H3,(H2,17,18,19). The van der Waals surface area contributed by atoms with Crippen molar-refractivity contribution in [2.45, 2.75) is 26.8 Å². The van der Waals surface area contributed by atoms with Crippen molar-refractivity contribution in [1.82, 2.24) is 15.6 Å². The first-order chi connectivity index (χ1) is 10.2. The van der Waals surface area contributed by atoms with Gasteiger partial charge in [-0.05, 0) is 25.8 Å². The van der Waals surface area contributed by atoms with Crippen LogP contribution < -0.4 is 10.6 Å². The molecule has 0 aliphatic carbocycles. The Morgan fingerprint density at radius 2 is 1.95 bits per heavy atom. The largest absolute Gasteiger partial charge is 0.356 e. The number of hydrogen-bond donors (Lipinski definition) is 2. The Balaban J connectivity index is 1.76. The van der Waals surface area contributed by atoms with Gasteiger partial charge in [-0.3, -0.25) is 4.99 Å². The molecule has 0 amide bonds. The molecule has 5 heteroatoms. The van der Waals surface area contributed by atoms with Gasteiger partial charge in [-0.2, -0.15) is 0 Å². The highest BCUT2D eigenvalue weighted by atomic mass is 32.1. The second kappa shape index (κ2) is 7.78. The number of hydrogen-bond acceptors (Lipinski definition) is 3. The Kier molecular flexibility index (Phi) is 5.75. The van der Waals surface area contributed by atoms with E-state index in [0.717, 1.165) is 29.6 Å². The van der Waals surface area contributed by atoms with Crippen LogP contribution >= 0.6 is 11.3 Å². The normalized spacial score (nSPS) is 11.5. The van der Waals surface area contributed by atoms with E-state index in [0.29, 0.717) is 6.54 Å². The topological polar surface area (TPSA) is 49.3 Å². The fourth-order valence-electron chi connectivity index (χ4n) is 1.96. The van der Waals surface area contributed by atoms with Gasteiger partial charge in [-0.25, -0.2) is 4.98 Å². The molecule has 2 N–H and O–H groups in total. The lowest BCUT2D eigenvalue weighted by atomic mass is 10.1. The highest BCUT2D eigenvalue weighted by Gasteiger charge is 2.04. The Morgan fingerprint density at radius 3 is 2.57 bits per heavy atom. The molecule has 4 nitrogen and oxygen atoms in total. The average Bonchev–Trinajstić information content (AvgIpc) is 2.82. The second-order valence-electron chi connectivity index (χ2n) is 4.84. The summed E-state index contributed by atoms with van der Waals surface area (Å²) in [5.41, 5.74) is 2.44. The van der Waals surface area contributed by atoms with E-state index in [-0.39, 0.29) is 0 Å². The zero-order chi connectivity index (χ0) is 15.1. The molecular weight excluding hydrogens is 280 g/mol. The third-order valence-corrected chi connectivity index (χ3v) is 4.33. The molecule has 0 unspecified atom stereocenters. The first-order valence-electron chi connectivity index (χ1n) is 7.10. The van der Waals surface area contributed by atoms with Gasteiger partial charge < -0.3 is 10.6 Å². The van der Waals surface area contributed by atoms with Gasteiger partial charge in [0.1, 0.15) is 5.01 Å². The number of aryl methyl sites for hydroxylation is 2. The van der Waals surface area contributed by atoms with E-state index in [4.69, 9.17) is 0 Å². The number of thiazole rings is 1. The monoisotopic (exact) mass is 302 g/mol. The van der Waals surface area contributed by atoms with E-state index in [1.54, 1.807) is 18.4 Å².